The van der Waals surface area contributed by atoms with E-state index >= 15 is 0 Å². The Morgan fingerprint density at radius 1 is 1.12 bits per heavy atom. The minimum atomic E-state index is -0.139. The Morgan fingerprint density at radius 3 is 2.60 bits per heavy atom. The van der Waals surface area contributed by atoms with Crippen molar-refractivity contribution in [1.82, 2.24) is 0 Å². The van der Waals surface area contributed by atoms with E-state index in [1.807, 2.05) is 6.26 Å². The van der Waals surface area contributed by atoms with Crippen molar-refractivity contribution in [1.29, 1.82) is 0 Å². The van der Waals surface area contributed by atoms with Gasteiger partial charge in [-0.25, -0.2) is 0 Å². The molecular weight excluding hydrogens is 312 g/mol. The highest BCUT2D eigenvalue weighted by Crippen LogP contribution is 2.67. The molecule has 0 bridgehead atoms. The number of ether oxygens (including phenoxy) is 1. The van der Waals surface area contributed by atoms with Crippen molar-refractivity contribution < 1.29 is 13.9 Å². The number of furan rings is 1. The van der Waals surface area contributed by atoms with E-state index in [1.165, 1.54) is 30.6 Å². The van der Waals surface area contributed by atoms with Crippen LogP contribution >= 0.6 is 0 Å². The van der Waals surface area contributed by atoms with Crippen LogP contribution in [0.2, 0.25) is 0 Å². The first-order chi connectivity index (χ1) is 11.7. The van der Waals surface area contributed by atoms with Gasteiger partial charge in [0.1, 0.15) is 11.9 Å². The third-order valence-electron chi connectivity index (χ3n) is 8.26. The molecule has 1 aromatic rings. The zero-order valence-electron chi connectivity index (χ0n) is 16.4. The molecule has 3 aliphatic rings. The van der Waals surface area contributed by atoms with Crippen molar-refractivity contribution in [2.75, 3.05) is 0 Å². The summed E-state index contributed by atoms with van der Waals surface area (Å²) < 4.78 is 11.8. The average molecular weight is 344 g/mol. The van der Waals surface area contributed by atoms with E-state index in [9.17, 15) is 4.79 Å². The second kappa shape index (κ2) is 5.37. The predicted octanol–water partition coefficient (Wildman–Crippen LogP) is 5.27. The minimum Gasteiger partial charge on any atom is -0.468 e. The molecule has 3 heteroatoms. The fourth-order valence-corrected chi connectivity index (χ4v) is 7.19. The molecule has 0 aliphatic heterocycles. The molecule has 0 saturated heterocycles. The Bertz CT molecular complexity index is 687. The number of hydrogen-bond donors (Lipinski definition) is 0. The second-order valence-corrected chi connectivity index (χ2v) is 9.84. The van der Waals surface area contributed by atoms with Crippen molar-refractivity contribution in [3.63, 3.8) is 0 Å². The molecule has 0 spiro atoms. The third-order valence-corrected chi connectivity index (χ3v) is 8.26. The molecule has 3 aliphatic carbocycles. The summed E-state index contributed by atoms with van der Waals surface area (Å²) in [6.45, 7) is 11.1. The third kappa shape index (κ3) is 2.27. The molecular formula is C22H32O3. The zero-order chi connectivity index (χ0) is 18.0. The summed E-state index contributed by atoms with van der Waals surface area (Å²) in [6, 6.07) is 2.17. The van der Waals surface area contributed by atoms with Gasteiger partial charge in [-0.2, -0.15) is 0 Å². The number of carbonyl (C=O) groups excluding carboxylic acids is 1. The van der Waals surface area contributed by atoms with Gasteiger partial charge < -0.3 is 9.15 Å². The highest BCUT2D eigenvalue weighted by molar-refractivity contribution is 5.66. The van der Waals surface area contributed by atoms with Crippen molar-refractivity contribution in [3.8, 4) is 0 Å². The summed E-state index contributed by atoms with van der Waals surface area (Å²) in [4.78, 5) is 11.6. The molecule has 3 nitrogen and oxygen atoms in total. The van der Waals surface area contributed by atoms with Gasteiger partial charge in [0.05, 0.1) is 6.26 Å². The normalized spacial score (nSPS) is 42.0. The van der Waals surface area contributed by atoms with Gasteiger partial charge in [-0.15, -0.1) is 0 Å². The maximum Gasteiger partial charge on any atom is 0.302 e. The van der Waals surface area contributed by atoms with E-state index in [4.69, 9.17) is 9.15 Å². The van der Waals surface area contributed by atoms with Crippen molar-refractivity contribution >= 4 is 5.97 Å². The van der Waals surface area contributed by atoms with Gasteiger partial charge >= 0.3 is 5.97 Å². The lowest BCUT2D eigenvalue weighted by molar-refractivity contribution is -0.186. The van der Waals surface area contributed by atoms with Gasteiger partial charge in [0.15, 0.2) is 0 Å². The molecule has 1 heterocycles. The van der Waals surface area contributed by atoms with E-state index in [0.29, 0.717) is 11.8 Å². The molecule has 1 aromatic heterocycles. The van der Waals surface area contributed by atoms with E-state index in [1.54, 1.807) is 6.92 Å². The SMILES string of the molecule is CC(=O)O[C@H]1CC[C@]2(C)[C@H]3CCc4ccoc4[C@]3(C)CC[C@H]2C1(C)C. The zero-order valence-corrected chi connectivity index (χ0v) is 16.4. The smallest absolute Gasteiger partial charge is 0.302 e. The number of carbonyl (C=O) groups is 1. The summed E-state index contributed by atoms with van der Waals surface area (Å²) in [5.41, 5.74) is 1.90. The fraction of sp³-hybridized carbons (Fsp3) is 0.773. The Morgan fingerprint density at radius 2 is 1.88 bits per heavy atom. The summed E-state index contributed by atoms with van der Waals surface area (Å²) in [7, 11) is 0. The van der Waals surface area contributed by atoms with Crippen LogP contribution < -0.4 is 0 Å². The van der Waals surface area contributed by atoms with E-state index in [0.717, 1.165) is 19.3 Å². The van der Waals surface area contributed by atoms with Crippen molar-refractivity contribution in [2.45, 2.75) is 84.7 Å². The van der Waals surface area contributed by atoms with Gasteiger partial charge in [0.2, 0.25) is 0 Å². The Labute approximate surface area is 151 Å². The standard InChI is InChI=1S/C22H32O3/c1-14(23)25-18-9-12-21(4)16(20(18,2)3)8-11-22(5)17(21)7-6-15-10-13-24-19(15)22/h10,13,16-18H,6-9,11-12H2,1-5H3/t16-,17+,18-,21-,22+/m0/s1. The number of fused-ring (bicyclic) bond motifs is 5. The first-order valence-corrected chi connectivity index (χ1v) is 9.93. The monoisotopic (exact) mass is 344 g/mol. The summed E-state index contributed by atoms with van der Waals surface area (Å²) in [6.07, 6.45) is 8.83. The average Bonchev–Trinajstić information content (AvgIpc) is 2.99. The van der Waals surface area contributed by atoms with Gasteiger partial charge in [0.25, 0.3) is 0 Å². The second-order valence-electron chi connectivity index (χ2n) is 9.84. The van der Waals surface area contributed by atoms with E-state index in [2.05, 4.69) is 33.8 Å². The van der Waals surface area contributed by atoms with Crippen LogP contribution in [0.15, 0.2) is 16.7 Å². The molecule has 25 heavy (non-hydrogen) atoms. The number of esters is 1. The highest BCUT2D eigenvalue weighted by atomic mass is 16.5. The van der Waals surface area contributed by atoms with Crippen LogP contribution in [-0.2, 0) is 21.4 Å². The lowest BCUT2D eigenvalue weighted by Crippen LogP contribution is -2.61. The van der Waals surface area contributed by atoms with Crippen molar-refractivity contribution in [2.24, 2.45) is 22.7 Å². The molecule has 138 valence electrons. The van der Waals surface area contributed by atoms with Gasteiger partial charge in [0, 0.05) is 17.8 Å². The first kappa shape index (κ1) is 17.2. The number of hydrogen-bond acceptors (Lipinski definition) is 3. The van der Waals surface area contributed by atoms with E-state index < -0.39 is 0 Å². The van der Waals surface area contributed by atoms with Gasteiger partial charge in [-0.3, -0.25) is 4.79 Å². The van der Waals surface area contributed by atoms with Crippen LogP contribution in [0.5, 0.6) is 0 Å². The van der Waals surface area contributed by atoms with Crippen LogP contribution in [0.4, 0.5) is 0 Å². The largest absolute Gasteiger partial charge is 0.468 e. The first-order valence-electron chi connectivity index (χ1n) is 9.93. The molecule has 0 radical (unpaired) electrons. The minimum absolute atomic E-state index is 0.0312. The predicted molar refractivity (Wildman–Crippen MR) is 97.3 cm³/mol. The maximum absolute atomic E-state index is 11.6. The number of aryl methyl sites for hydroxylation is 1. The molecule has 4 rings (SSSR count). The van der Waals surface area contributed by atoms with Crippen LogP contribution in [0.25, 0.3) is 0 Å². The molecule has 5 atom stereocenters. The molecule has 0 unspecified atom stereocenters. The van der Waals surface area contributed by atoms with Crippen LogP contribution in [0.1, 0.15) is 78.0 Å². The van der Waals surface area contributed by atoms with E-state index in [-0.39, 0.29) is 28.3 Å². The molecule has 2 fully saturated rings. The highest BCUT2D eigenvalue weighted by Gasteiger charge is 2.63. The maximum atomic E-state index is 11.6. The summed E-state index contributed by atoms with van der Waals surface area (Å²) in [5.74, 6) is 2.35. The summed E-state index contributed by atoms with van der Waals surface area (Å²) in [5, 5.41) is 0. The lowest BCUT2D eigenvalue weighted by atomic mass is 9.41. The topological polar surface area (TPSA) is 39.4 Å². The molecule has 0 aromatic carbocycles. The van der Waals surface area contributed by atoms with Gasteiger partial charge in [-0.1, -0.05) is 27.7 Å². The Balaban J connectivity index is 1.71. The summed E-state index contributed by atoms with van der Waals surface area (Å²) >= 11 is 0. The van der Waals surface area contributed by atoms with Crippen LogP contribution in [-0.4, -0.2) is 12.1 Å². The molecule has 0 amide bonds. The molecule has 2 saturated carbocycles. The Kier molecular flexibility index (Phi) is 3.69. The lowest BCUT2D eigenvalue weighted by Gasteiger charge is -2.64. The van der Waals surface area contributed by atoms with Crippen molar-refractivity contribution in [3.05, 3.63) is 23.7 Å². The number of rotatable bonds is 1. The van der Waals surface area contributed by atoms with Crippen LogP contribution in [0, 0.1) is 22.7 Å². The molecule has 0 N–H and O–H groups in total. The Hall–Kier alpha value is -1.25. The fourth-order valence-electron chi connectivity index (χ4n) is 7.19. The quantitative estimate of drug-likeness (QED) is 0.652. The van der Waals surface area contributed by atoms with Gasteiger partial charge in [-0.05, 0) is 67.4 Å². The van der Waals surface area contributed by atoms with Crippen LogP contribution in [0.3, 0.4) is 0 Å².